The topological polar surface area (TPSA) is 66.5 Å². The summed E-state index contributed by atoms with van der Waals surface area (Å²) in [6.45, 7) is 1.11. The van der Waals surface area contributed by atoms with Crippen LogP contribution in [0.25, 0.3) is 0 Å². The molecular weight excluding hydrogens is 524 g/mol. The van der Waals surface area contributed by atoms with Gasteiger partial charge in [0.1, 0.15) is 11.9 Å². The van der Waals surface area contributed by atoms with E-state index in [-0.39, 0.29) is 34.1 Å². The number of rotatable bonds is 8. The van der Waals surface area contributed by atoms with Crippen LogP contribution in [0.2, 0.25) is 10.2 Å². The van der Waals surface area contributed by atoms with Crippen molar-refractivity contribution in [2.75, 3.05) is 25.5 Å². The van der Waals surface area contributed by atoms with E-state index in [4.69, 9.17) is 27.9 Å². The smallest absolute Gasteiger partial charge is 0.278 e. The van der Waals surface area contributed by atoms with E-state index in [1.807, 2.05) is 4.90 Å². The Bertz CT molecular complexity index is 1080. The van der Waals surface area contributed by atoms with Gasteiger partial charge in [0.05, 0.1) is 28.2 Å². The number of thioether (sulfide) groups is 1. The number of ether oxygens (including phenoxy) is 1. The first kappa shape index (κ1) is 25.9. The van der Waals surface area contributed by atoms with Crippen molar-refractivity contribution in [2.45, 2.75) is 31.4 Å². The first-order chi connectivity index (χ1) is 16.8. The van der Waals surface area contributed by atoms with Gasteiger partial charge >= 0.3 is 0 Å². The monoisotopic (exact) mass is 546 g/mol. The van der Waals surface area contributed by atoms with E-state index in [1.165, 1.54) is 23.9 Å². The Kier molecular flexibility index (Phi) is 8.69. The van der Waals surface area contributed by atoms with Crippen LogP contribution in [0.15, 0.2) is 47.1 Å². The molecule has 0 saturated carbocycles. The molecule has 0 bridgehead atoms. The lowest BCUT2D eigenvalue weighted by atomic mass is 10.0. The normalized spacial score (nSPS) is 18.0. The largest absolute Gasteiger partial charge is 0.487 e. The van der Waals surface area contributed by atoms with Crippen molar-refractivity contribution in [3.05, 3.63) is 68.7 Å². The lowest BCUT2D eigenvalue weighted by molar-refractivity contribution is 0.0796. The van der Waals surface area contributed by atoms with Crippen molar-refractivity contribution in [2.24, 2.45) is 0 Å². The van der Waals surface area contributed by atoms with Crippen LogP contribution in [0.1, 0.15) is 23.2 Å². The van der Waals surface area contributed by atoms with Crippen molar-refractivity contribution in [1.29, 1.82) is 0 Å². The molecule has 188 valence electrons. The summed E-state index contributed by atoms with van der Waals surface area (Å²) in [6, 6.07) is 6.93. The van der Waals surface area contributed by atoms with Crippen LogP contribution in [0.4, 0.5) is 13.2 Å². The van der Waals surface area contributed by atoms with Crippen LogP contribution < -0.4 is 15.4 Å². The summed E-state index contributed by atoms with van der Waals surface area (Å²) in [5.74, 6) is -0.630. The van der Waals surface area contributed by atoms with Gasteiger partial charge in [-0.25, -0.2) is 18.2 Å². The van der Waals surface area contributed by atoms with Gasteiger partial charge in [0, 0.05) is 30.7 Å². The van der Waals surface area contributed by atoms with Gasteiger partial charge in [-0.05, 0) is 37.1 Å². The standard InChI is InChI=1S/C23H23Cl2F3N4O2S/c24-14-3-1-4-15(26)18(14)23(33)30-11-16(20-19(22(27)28)31-12-35-20)32-9-6-13(7-10-32)34-17-5-2-8-29-21(17)25/h1-5,8,13,16,22,31H,6-7,9-12H2,(H,30,33). The number of pyridine rings is 1. The van der Waals surface area contributed by atoms with Crippen LogP contribution in [0, 0.1) is 5.82 Å². The molecule has 1 unspecified atom stereocenters. The molecule has 6 nitrogen and oxygen atoms in total. The second-order valence-corrected chi connectivity index (χ2v) is 9.79. The van der Waals surface area contributed by atoms with E-state index >= 15 is 0 Å². The van der Waals surface area contributed by atoms with Crippen molar-refractivity contribution in [3.63, 3.8) is 0 Å². The van der Waals surface area contributed by atoms with E-state index in [2.05, 4.69) is 15.6 Å². The summed E-state index contributed by atoms with van der Waals surface area (Å²) in [5, 5.41) is 5.69. The molecule has 1 aromatic carbocycles. The molecule has 2 aromatic rings. The molecule has 35 heavy (non-hydrogen) atoms. The Morgan fingerprint density at radius 3 is 2.71 bits per heavy atom. The number of carbonyl (C=O) groups excluding carboxylic acids is 1. The fourth-order valence-electron chi connectivity index (χ4n) is 4.14. The predicted octanol–water partition coefficient (Wildman–Crippen LogP) is 4.94. The molecule has 0 spiro atoms. The number of allylic oxidation sites excluding steroid dienone is 1. The Morgan fingerprint density at radius 2 is 2.03 bits per heavy atom. The highest BCUT2D eigenvalue weighted by molar-refractivity contribution is 8.03. The van der Waals surface area contributed by atoms with Crippen LogP contribution >= 0.6 is 35.0 Å². The molecule has 12 heteroatoms. The number of halogens is 5. The zero-order chi connectivity index (χ0) is 24.9. The molecule has 1 amide bonds. The third-order valence-corrected chi connectivity index (χ3v) is 7.55. The van der Waals surface area contributed by atoms with Crippen molar-refractivity contribution >= 4 is 40.9 Å². The van der Waals surface area contributed by atoms with Gasteiger partial charge in [-0.1, -0.05) is 29.3 Å². The minimum absolute atomic E-state index is 0.0175. The van der Waals surface area contributed by atoms with Gasteiger partial charge in [0.25, 0.3) is 12.3 Å². The molecule has 2 N–H and O–H groups in total. The summed E-state index contributed by atoms with van der Waals surface area (Å²) in [6.07, 6.45) is 0.0485. The first-order valence-electron chi connectivity index (χ1n) is 11.0. The predicted molar refractivity (Wildman–Crippen MR) is 131 cm³/mol. The minimum atomic E-state index is -2.67. The SMILES string of the molecule is O=C(NCC(C1=C(C(F)F)NCS1)N1CCC(Oc2cccnc2Cl)CC1)c1c(F)cccc1Cl. The molecule has 1 atom stereocenters. The van der Waals surface area contributed by atoms with Crippen molar-refractivity contribution in [3.8, 4) is 5.75 Å². The van der Waals surface area contributed by atoms with Crippen LogP contribution in [0.3, 0.4) is 0 Å². The van der Waals surface area contributed by atoms with Gasteiger partial charge in [0.2, 0.25) is 0 Å². The number of hydrogen-bond donors (Lipinski definition) is 2. The summed E-state index contributed by atoms with van der Waals surface area (Å²) in [4.78, 5) is 19.2. The minimum Gasteiger partial charge on any atom is -0.487 e. The first-order valence-corrected chi connectivity index (χ1v) is 12.7. The second-order valence-electron chi connectivity index (χ2n) is 8.01. The maximum absolute atomic E-state index is 14.2. The van der Waals surface area contributed by atoms with Crippen LogP contribution in [-0.2, 0) is 0 Å². The number of likely N-dealkylation sites (tertiary alicyclic amines) is 1. The number of alkyl halides is 2. The average molecular weight is 547 g/mol. The van der Waals surface area contributed by atoms with Gasteiger partial charge in [-0.15, -0.1) is 11.8 Å². The maximum atomic E-state index is 14.2. The third-order valence-electron chi connectivity index (χ3n) is 5.86. The molecule has 1 saturated heterocycles. The van der Waals surface area contributed by atoms with Gasteiger partial charge in [-0.2, -0.15) is 0 Å². The number of carbonyl (C=O) groups is 1. The summed E-state index contributed by atoms with van der Waals surface area (Å²) in [5.41, 5.74) is -0.410. The highest BCUT2D eigenvalue weighted by Gasteiger charge is 2.35. The Morgan fingerprint density at radius 1 is 1.26 bits per heavy atom. The summed E-state index contributed by atoms with van der Waals surface area (Å²) >= 11 is 13.4. The average Bonchev–Trinajstić information content (AvgIpc) is 3.32. The molecule has 1 aromatic heterocycles. The fraction of sp³-hybridized carbons (Fsp3) is 0.391. The fourth-order valence-corrected chi connectivity index (χ4v) is 5.68. The number of hydrogen-bond acceptors (Lipinski definition) is 6. The van der Waals surface area contributed by atoms with Crippen molar-refractivity contribution < 1.29 is 22.7 Å². The zero-order valence-corrected chi connectivity index (χ0v) is 20.8. The van der Waals surface area contributed by atoms with Gasteiger partial charge in [-0.3, -0.25) is 9.69 Å². The molecule has 0 aliphatic carbocycles. The Balaban J connectivity index is 1.47. The number of nitrogens with zero attached hydrogens (tertiary/aromatic N) is 2. The molecule has 2 aliphatic heterocycles. The molecule has 2 aliphatic rings. The highest BCUT2D eigenvalue weighted by atomic mass is 35.5. The molecule has 4 rings (SSSR count). The summed E-state index contributed by atoms with van der Waals surface area (Å²) in [7, 11) is 0. The zero-order valence-electron chi connectivity index (χ0n) is 18.4. The van der Waals surface area contributed by atoms with E-state index in [1.54, 1.807) is 18.3 Å². The number of benzene rings is 1. The van der Waals surface area contributed by atoms with E-state index < -0.39 is 24.2 Å². The maximum Gasteiger partial charge on any atom is 0.278 e. The third kappa shape index (κ3) is 6.17. The molecule has 3 heterocycles. The van der Waals surface area contributed by atoms with Gasteiger partial charge < -0.3 is 15.4 Å². The molecular formula is C23H23Cl2F3N4O2S. The van der Waals surface area contributed by atoms with E-state index in [9.17, 15) is 18.0 Å². The van der Waals surface area contributed by atoms with E-state index in [0.29, 0.717) is 42.5 Å². The number of amides is 1. The molecule has 0 radical (unpaired) electrons. The van der Waals surface area contributed by atoms with Crippen LogP contribution in [0.5, 0.6) is 5.75 Å². The highest BCUT2D eigenvalue weighted by Crippen LogP contribution is 2.35. The summed E-state index contributed by atoms with van der Waals surface area (Å²) < 4.78 is 47.5. The quantitative estimate of drug-likeness (QED) is 0.457. The number of aromatic nitrogens is 1. The Labute approximate surface area is 215 Å². The van der Waals surface area contributed by atoms with Crippen LogP contribution in [-0.4, -0.2) is 59.9 Å². The van der Waals surface area contributed by atoms with Crippen molar-refractivity contribution in [1.82, 2.24) is 20.5 Å². The lowest BCUT2D eigenvalue weighted by Crippen LogP contribution is -2.49. The van der Waals surface area contributed by atoms with E-state index in [0.717, 1.165) is 6.07 Å². The number of nitrogens with one attached hydrogen (secondary N) is 2. The lowest BCUT2D eigenvalue weighted by Gasteiger charge is -2.38. The second kappa shape index (κ2) is 11.7. The number of piperidine rings is 1. The van der Waals surface area contributed by atoms with Gasteiger partial charge in [0.15, 0.2) is 10.9 Å². The Hall–Kier alpha value is -2.14. The molecule has 1 fully saturated rings.